The maximum atomic E-state index is 5.25. The van der Waals surface area contributed by atoms with Crippen molar-refractivity contribution in [3.63, 3.8) is 0 Å². The van der Waals surface area contributed by atoms with Crippen LogP contribution in [0.4, 0.5) is 0 Å². The molecule has 1 heterocycles. The highest BCUT2D eigenvalue weighted by molar-refractivity contribution is 5.29. The van der Waals surface area contributed by atoms with Crippen molar-refractivity contribution in [1.82, 2.24) is 10.6 Å². The summed E-state index contributed by atoms with van der Waals surface area (Å²) in [6.45, 7) is 4.67. The minimum atomic E-state index is 0.408. The first-order valence-electron chi connectivity index (χ1n) is 8.34. The summed E-state index contributed by atoms with van der Waals surface area (Å²) in [5.74, 6) is 0.932. The van der Waals surface area contributed by atoms with Gasteiger partial charge in [0.15, 0.2) is 0 Å². The van der Waals surface area contributed by atoms with E-state index in [0.717, 1.165) is 5.75 Å². The van der Waals surface area contributed by atoms with Gasteiger partial charge in [-0.3, -0.25) is 0 Å². The van der Waals surface area contributed by atoms with Crippen LogP contribution in [-0.4, -0.2) is 26.2 Å². The number of ether oxygens (including phenoxy) is 1. The summed E-state index contributed by atoms with van der Waals surface area (Å²) >= 11 is 0. The molecule has 3 heteroatoms. The fourth-order valence-corrected chi connectivity index (χ4v) is 4.21. The summed E-state index contributed by atoms with van der Waals surface area (Å²) in [7, 11) is 1.72. The van der Waals surface area contributed by atoms with Gasteiger partial charge in [0.1, 0.15) is 5.75 Å². The van der Waals surface area contributed by atoms with Crippen LogP contribution >= 0.6 is 0 Å². The van der Waals surface area contributed by atoms with Crippen molar-refractivity contribution in [1.29, 1.82) is 0 Å². The van der Waals surface area contributed by atoms with Gasteiger partial charge in [0.2, 0.25) is 0 Å². The average Bonchev–Trinajstić information content (AvgIpc) is 2.90. The van der Waals surface area contributed by atoms with Gasteiger partial charge >= 0.3 is 0 Å². The van der Waals surface area contributed by atoms with Gasteiger partial charge in [-0.25, -0.2) is 0 Å². The Labute approximate surface area is 128 Å². The molecule has 0 bridgehead atoms. The number of hydrogen-bond acceptors (Lipinski definition) is 3. The highest BCUT2D eigenvalue weighted by Gasteiger charge is 2.43. The molecule has 0 amide bonds. The quantitative estimate of drug-likeness (QED) is 0.892. The zero-order chi connectivity index (χ0) is 14.7. The maximum absolute atomic E-state index is 5.25. The Morgan fingerprint density at radius 2 is 1.90 bits per heavy atom. The summed E-state index contributed by atoms with van der Waals surface area (Å²) in [6, 6.07) is 9.56. The summed E-state index contributed by atoms with van der Waals surface area (Å²) in [5, 5.41) is 7.44. The molecule has 0 aromatic heterocycles. The molecule has 21 heavy (non-hydrogen) atoms. The van der Waals surface area contributed by atoms with Crippen LogP contribution in [0.25, 0.3) is 0 Å². The molecular weight excluding hydrogens is 260 g/mol. The number of methoxy groups -OCH3 is 1. The first-order chi connectivity index (χ1) is 10.2. The maximum Gasteiger partial charge on any atom is 0.118 e. The number of nitrogens with one attached hydrogen (secondary N) is 2. The molecule has 0 radical (unpaired) electrons. The van der Waals surface area contributed by atoms with Gasteiger partial charge in [-0.05, 0) is 68.8 Å². The minimum absolute atomic E-state index is 0.408. The molecule has 2 unspecified atom stereocenters. The van der Waals surface area contributed by atoms with E-state index in [9.17, 15) is 0 Å². The van der Waals surface area contributed by atoms with Crippen LogP contribution in [0.5, 0.6) is 5.75 Å². The van der Waals surface area contributed by atoms with Gasteiger partial charge in [-0.1, -0.05) is 18.6 Å². The van der Waals surface area contributed by atoms with Crippen LogP contribution in [0.1, 0.15) is 50.6 Å². The molecule has 1 saturated carbocycles. The highest BCUT2D eigenvalue weighted by atomic mass is 16.5. The standard InChI is InChI=1S/C18H28N2O/c1-14(15-5-7-16(21-2)8-6-15)20-17-4-3-9-18(17)10-12-19-13-11-18/h5-8,14,17,19-20H,3-4,9-13H2,1-2H3. The van der Waals surface area contributed by atoms with E-state index < -0.39 is 0 Å². The predicted molar refractivity (Wildman–Crippen MR) is 86.7 cm³/mol. The molecule has 2 atom stereocenters. The molecular formula is C18H28N2O. The fourth-order valence-electron chi connectivity index (χ4n) is 4.21. The van der Waals surface area contributed by atoms with Gasteiger partial charge in [0.05, 0.1) is 7.11 Å². The van der Waals surface area contributed by atoms with Crippen molar-refractivity contribution >= 4 is 0 Å². The van der Waals surface area contributed by atoms with Crippen LogP contribution < -0.4 is 15.4 Å². The average molecular weight is 288 g/mol. The normalized spacial score (nSPS) is 25.9. The zero-order valence-electron chi connectivity index (χ0n) is 13.3. The third-order valence-corrected chi connectivity index (χ3v) is 5.57. The lowest BCUT2D eigenvalue weighted by atomic mass is 9.74. The van der Waals surface area contributed by atoms with Gasteiger partial charge in [0, 0.05) is 12.1 Å². The van der Waals surface area contributed by atoms with Gasteiger partial charge in [-0.15, -0.1) is 0 Å². The minimum Gasteiger partial charge on any atom is -0.497 e. The molecule has 2 fully saturated rings. The molecule has 116 valence electrons. The van der Waals surface area contributed by atoms with Crippen LogP contribution in [0, 0.1) is 5.41 Å². The molecule has 2 aliphatic rings. The largest absolute Gasteiger partial charge is 0.497 e. The van der Waals surface area contributed by atoms with Crippen LogP contribution in [-0.2, 0) is 0 Å². The van der Waals surface area contributed by atoms with Crippen molar-refractivity contribution in [2.24, 2.45) is 5.41 Å². The van der Waals surface area contributed by atoms with Gasteiger partial charge in [-0.2, -0.15) is 0 Å². The Kier molecular flexibility index (Phi) is 4.51. The molecule has 1 aromatic carbocycles. The van der Waals surface area contributed by atoms with Crippen molar-refractivity contribution in [3.8, 4) is 5.75 Å². The highest BCUT2D eigenvalue weighted by Crippen LogP contribution is 2.45. The second kappa shape index (κ2) is 6.37. The lowest BCUT2D eigenvalue weighted by Crippen LogP contribution is -2.48. The van der Waals surface area contributed by atoms with Crippen LogP contribution in [0.15, 0.2) is 24.3 Å². The van der Waals surface area contributed by atoms with E-state index in [2.05, 4.69) is 41.8 Å². The number of piperidine rings is 1. The number of benzene rings is 1. The molecule has 1 aliphatic carbocycles. The Morgan fingerprint density at radius 1 is 1.19 bits per heavy atom. The van der Waals surface area contributed by atoms with E-state index >= 15 is 0 Å². The Balaban J connectivity index is 1.66. The van der Waals surface area contributed by atoms with E-state index in [1.165, 1.54) is 50.8 Å². The van der Waals surface area contributed by atoms with Crippen molar-refractivity contribution in [2.75, 3.05) is 20.2 Å². The molecule has 3 rings (SSSR count). The summed E-state index contributed by atoms with van der Waals surface area (Å²) in [6.07, 6.45) is 6.79. The van der Waals surface area contributed by atoms with E-state index in [-0.39, 0.29) is 0 Å². The van der Waals surface area contributed by atoms with Crippen LogP contribution in [0.2, 0.25) is 0 Å². The van der Waals surface area contributed by atoms with E-state index in [0.29, 0.717) is 17.5 Å². The van der Waals surface area contributed by atoms with Crippen molar-refractivity contribution < 1.29 is 4.74 Å². The van der Waals surface area contributed by atoms with Gasteiger partial charge < -0.3 is 15.4 Å². The zero-order valence-corrected chi connectivity index (χ0v) is 13.3. The van der Waals surface area contributed by atoms with E-state index in [1.54, 1.807) is 7.11 Å². The number of rotatable bonds is 4. The van der Waals surface area contributed by atoms with Crippen molar-refractivity contribution in [2.45, 2.75) is 51.1 Å². The first-order valence-corrected chi connectivity index (χ1v) is 8.34. The van der Waals surface area contributed by atoms with Gasteiger partial charge in [0.25, 0.3) is 0 Å². The smallest absolute Gasteiger partial charge is 0.118 e. The van der Waals surface area contributed by atoms with Crippen molar-refractivity contribution in [3.05, 3.63) is 29.8 Å². The summed E-state index contributed by atoms with van der Waals surface area (Å²) < 4.78 is 5.25. The second-order valence-corrected chi connectivity index (χ2v) is 6.72. The lowest BCUT2D eigenvalue weighted by Gasteiger charge is -2.41. The topological polar surface area (TPSA) is 33.3 Å². The summed E-state index contributed by atoms with van der Waals surface area (Å²) in [5.41, 5.74) is 1.90. The lowest BCUT2D eigenvalue weighted by molar-refractivity contribution is 0.152. The Hall–Kier alpha value is -1.06. The molecule has 1 aliphatic heterocycles. The molecule has 1 saturated heterocycles. The predicted octanol–water partition coefficient (Wildman–Crippen LogP) is 3.27. The van der Waals surface area contributed by atoms with E-state index in [1.807, 2.05) is 0 Å². The molecule has 1 spiro atoms. The molecule has 3 nitrogen and oxygen atoms in total. The second-order valence-electron chi connectivity index (χ2n) is 6.72. The number of hydrogen-bond donors (Lipinski definition) is 2. The third kappa shape index (κ3) is 3.09. The fraction of sp³-hybridized carbons (Fsp3) is 0.667. The monoisotopic (exact) mass is 288 g/mol. The Morgan fingerprint density at radius 3 is 2.57 bits per heavy atom. The molecule has 1 aromatic rings. The van der Waals surface area contributed by atoms with Crippen LogP contribution in [0.3, 0.4) is 0 Å². The Bertz CT molecular complexity index is 451. The van der Waals surface area contributed by atoms with E-state index in [4.69, 9.17) is 4.74 Å². The summed E-state index contributed by atoms with van der Waals surface area (Å²) in [4.78, 5) is 0. The SMILES string of the molecule is COc1ccc(C(C)NC2CCCC23CCNCC3)cc1. The third-order valence-electron chi connectivity index (χ3n) is 5.57. The first kappa shape index (κ1) is 14.9. The molecule has 2 N–H and O–H groups in total.